The van der Waals surface area contributed by atoms with Crippen LogP contribution in [0.5, 0.6) is 5.75 Å². The summed E-state index contributed by atoms with van der Waals surface area (Å²) in [4.78, 5) is 28.5. The second-order valence-electron chi connectivity index (χ2n) is 4.62. The number of aromatic nitrogens is 1. The van der Waals surface area contributed by atoms with Crippen LogP contribution >= 0.6 is 0 Å². The highest BCUT2D eigenvalue weighted by atomic mass is 16.5. The molecule has 1 aliphatic rings. The van der Waals surface area contributed by atoms with E-state index in [0.717, 1.165) is 0 Å². The number of amides is 1. The number of nitrogens with zero attached hydrogens (tertiary/aromatic N) is 2. The Morgan fingerprint density at radius 1 is 1.38 bits per heavy atom. The smallest absolute Gasteiger partial charge is 0.339 e. The predicted molar refractivity (Wildman–Crippen MR) is 73.3 cm³/mol. The molecule has 0 aliphatic carbocycles. The van der Waals surface area contributed by atoms with Crippen LogP contribution in [0.1, 0.15) is 23.2 Å². The van der Waals surface area contributed by atoms with Crippen LogP contribution in [0.2, 0.25) is 0 Å². The molecule has 0 atom stereocenters. The minimum Gasteiger partial charge on any atom is -0.491 e. The molecule has 0 saturated carbocycles. The molecular formula is C14H18N2O5. The summed E-state index contributed by atoms with van der Waals surface area (Å²) >= 11 is 0. The molecule has 1 aromatic rings. The van der Waals surface area contributed by atoms with Gasteiger partial charge in [0.25, 0.3) is 0 Å². The third-order valence-corrected chi connectivity index (χ3v) is 3.17. The van der Waals surface area contributed by atoms with E-state index in [4.69, 9.17) is 14.6 Å². The van der Waals surface area contributed by atoms with E-state index in [0.29, 0.717) is 39.1 Å². The maximum absolute atomic E-state index is 11.9. The van der Waals surface area contributed by atoms with Gasteiger partial charge in [-0.25, -0.2) is 4.79 Å². The number of hydrogen-bond donors (Lipinski definition) is 1. The van der Waals surface area contributed by atoms with E-state index in [2.05, 4.69) is 4.98 Å². The zero-order valence-corrected chi connectivity index (χ0v) is 11.7. The lowest BCUT2D eigenvalue weighted by Gasteiger charge is -2.26. The van der Waals surface area contributed by atoms with Crippen molar-refractivity contribution < 1.29 is 24.2 Å². The van der Waals surface area contributed by atoms with Gasteiger partial charge in [0.05, 0.1) is 26.0 Å². The fourth-order valence-electron chi connectivity index (χ4n) is 2.05. The highest BCUT2D eigenvalue weighted by molar-refractivity contribution is 5.90. The Balaban J connectivity index is 1.74. The second-order valence-corrected chi connectivity index (χ2v) is 4.62. The van der Waals surface area contributed by atoms with E-state index >= 15 is 0 Å². The molecule has 7 nitrogen and oxygen atoms in total. The van der Waals surface area contributed by atoms with Gasteiger partial charge >= 0.3 is 5.97 Å². The molecule has 1 saturated heterocycles. The van der Waals surface area contributed by atoms with Crippen LogP contribution in [0, 0.1) is 0 Å². The van der Waals surface area contributed by atoms with E-state index < -0.39 is 5.97 Å². The number of hydrogen-bond acceptors (Lipinski definition) is 5. The molecule has 0 spiro atoms. The normalized spacial score (nSPS) is 14.8. The van der Waals surface area contributed by atoms with Crippen LogP contribution in [0.3, 0.4) is 0 Å². The third kappa shape index (κ3) is 4.42. The summed E-state index contributed by atoms with van der Waals surface area (Å²) in [5.41, 5.74) is 0.0736. The number of carboxylic acids is 1. The molecule has 21 heavy (non-hydrogen) atoms. The fourth-order valence-corrected chi connectivity index (χ4v) is 2.05. The number of carbonyl (C=O) groups excluding carboxylic acids is 1. The van der Waals surface area contributed by atoms with Crippen molar-refractivity contribution in [3.63, 3.8) is 0 Å². The van der Waals surface area contributed by atoms with Crippen LogP contribution in [0.4, 0.5) is 0 Å². The monoisotopic (exact) mass is 294 g/mol. The van der Waals surface area contributed by atoms with Crippen LogP contribution in [0.25, 0.3) is 0 Å². The Morgan fingerprint density at radius 2 is 2.14 bits per heavy atom. The zero-order chi connectivity index (χ0) is 15.1. The molecule has 2 heterocycles. The van der Waals surface area contributed by atoms with Crippen LogP contribution < -0.4 is 4.74 Å². The molecule has 1 N–H and O–H groups in total. The number of pyridine rings is 1. The Bertz CT molecular complexity index is 500. The molecule has 0 bridgehead atoms. The standard InChI is InChI=1S/C14H18N2O5/c17-13(16-5-8-20-9-6-16)2-1-7-21-12-10-15-4-3-11(12)14(18)19/h3-4,10H,1-2,5-9H2,(H,18,19). The van der Waals surface area contributed by atoms with Gasteiger partial charge in [-0.1, -0.05) is 0 Å². The summed E-state index contributed by atoms with van der Waals surface area (Å²) in [5.74, 6) is -0.757. The minimum atomic E-state index is -1.06. The average Bonchev–Trinajstić information content (AvgIpc) is 2.52. The van der Waals surface area contributed by atoms with Gasteiger partial charge < -0.3 is 19.5 Å². The van der Waals surface area contributed by atoms with Crippen LogP contribution in [-0.4, -0.2) is 59.8 Å². The number of morpholine rings is 1. The molecule has 1 aliphatic heterocycles. The van der Waals surface area contributed by atoms with Crippen LogP contribution in [-0.2, 0) is 9.53 Å². The van der Waals surface area contributed by atoms with Gasteiger partial charge in [-0.3, -0.25) is 9.78 Å². The summed E-state index contributed by atoms with van der Waals surface area (Å²) in [5, 5.41) is 9.00. The van der Waals surface area contributed by atoms with Gasteiger partial charge in [-0.2, -0.15) is 0 Å². The lowest BCUT2D eigenvalue weighted by atomic mass is 10.2. The maximum atomic E-state index is 11.9. The van der Waals surface area contributed by atoms with E-state index in [1.807, 2.05) is 0 Å². The van der Waals surface area contributed by atoms with Gasteiger partial charge in [-0.05, 0) is 12.5 Å². The highest BCUT2D eigenvalue weighted by Crippen LogP contribution is 2.16. The first-order chi connectivity index (χ1) is 10.2. The molecule has 114 valence electrons. The Hall–Kier alpha value is -2.15. The van der Waals surface area contributed by atoms with Crippen molar-refractivity contribution >= 4 is 11.9 Å². The number of carbonyl (C=O) groups is 2. The van der Waals surface area contributed by atoms with Gasteiger partial charge in [0.2, 0.25) is 5.91 Å². The Labute approximate surface area is 122 Å². The van der Waals surface area contributed by atoms with Crippen molar-refractivity contribution in [3.8, 4) is 5.75 Å². The molecule has 7 heteroatoms. The first kappa shape index (κ1) is 15.2. The zero-order valence-electron chi connectivity index (χ0n) is 11.7. The topological polar surface area (TPSA) is 89.0 Å². The van der Waals surface area contributed by atoms with Gasteiger partial charge in [0.15, 0.2) is 5.75 Å². The molecule has 1 fully saturated rings. The number of aromatic carboxylic acids is 1. The first-order valence-electron chi connectivity index (χ1n) is 6.84. The van der Waals surface area contributed by atoms with Gasteiger partial charge in [0.1, 0.15) is 5.56 Å². The fraction of sp³-hybridized carbons (Fsp3) is 0.500. The van der Waals surface area contributed by atoms with Gasteiger partial charge in [0, 0.05) is 25.7 Å². The molecule has 0 radical (unpaired) electrons. The van der Waals surface area contributed by atoms with Crippen molar-refractivity contribution in [2.24, 2.45) is 0 Å². The summed E-state index contributed by atoms with van der Waals surface area (Å²) in [6.07, 6.45) is 3.68. The Kier molecular flexibility index (Phi) is 5.51. The summed E-state index contributed by atoms with van der Waals surface area (Å²) in [6, 6.07) is 1.39. The summed E-state index contributed by atoms with van der Waals surface area (Å²) in [6.45, 7) is 2.71. The molecule has 0 unspecified atom stereocenters. The van der Waals surface area contributed by atoms with Crippen molar-refractivity contribution in [3.05, 3.63) is 24.0 Å². The van der Waals surface area contributed by atoms with E-state index in [1.54, 1.807) is 4.90 Å². The minimum absolute atomic E-state index is 0.0736. The average molecular weight is 294 g/mol. The molecule has 2 rings (SSSR count). The van der Waals surface area contributed by atoms with Crippen molar-refractivity contribution in [1.82, 2.24) is 9.88 Å². The molecular weight excluding hydrogens is 276 g/mol. The van der Waals surface area contributed by atoms with Crippen molar-refractivity contribution in [2.75, 3.05) is 32.9 Å². The van der Waals surface area contributed by atoms with Crippen molar-refractivity contribution in [2.45, 2.75) is 12.8 Å². The van der Waals surface area contributed by atoms with Crippen LogP contribution in [0.15, 0.2) is 18.5 Å². The summed E-state index contributed by atoms with van der Waals surface area (Å²) in [7, 11) is 0. The lowest BCUT2D eigenvalue weighted by molar-refractivity contribution is -0.135. The van der Waals surface area contributed by atoms with Crippen molar-refractivity contribution in [1.29, 1.82) is 0 Å². The van der Waals surface area contributed by atoms with Gasteiger partial charge in [-0.15, -0.1) is 0 Å². The number of carboxylic acid groups (broad SMARTS) is 1. The predicted octanol–water partition coefficient (Wildman–Crippen LogP) is 0.798. The largest absolute Gasteiger partial charge is 0.491 e. The van der Waals surface area contributed by atoms with E-state index in [1.165, 1.54) is 18.5 Å². The molecule has 1 amide bonds. The SMILES string of the molecule is O=C(O)c1ccncc1OCCCC(=O)N1CCOCC1. The highest BCUT2D eigenvalue weighted by Gasteiger charge is 2.16. The van der Waals surface area contributed by atoms with E-state index in [9.17, 15) is 9.59 Å². The summed E-state index contributed by atoms with van der Waals surface area (Å²) < 4.78 is 10.6. The number of ether oxygens (including phenoxy) is 2. The first-order valence-corrected chi connectivity index (χ1v) is 6.84. The Morgan fingerprint density at radius 3 is 2.86 bits per heavy atom. The molecule has 0 aromatic carbocycles. The number of rotatable bonds is 6. The third-order valence-electron chi connectivity index (χ3n) is 3.17. The quantitative estimate of drug-likeness (QED) is 0.781. The lowest BCUT2D eigenvalue weighted by Crippen LogP contribution is -2.40. The van der Waals surface area contributed by atoms with E-state index in [-0.39, 0.29) is 23.8 Å². The molecule has 1 aromatic heterocycles. The second kappa shape index (κ2) is 7.58. The maximum Gasteiger partial charge on any atom is 0.339 e.